The summed E-state index contributed by atoms with van der Waals surface area (Å²) in [7, 11) is -3.10. The number of hydrogen-bond donors (Lipinski definition) is 0. The van der Waals surface area contributed by atoms with Crippen molar-refractivity contribution in [3.8, 4) is 0 Å². The fraction of sp³-hybridized carbons (Fsp3) is 0.529. The SMILES string of the molecule is O=S(=O)(C1CC1)N1CCCC(c2nccn2Cc2ccncc2)C1. The molecule has 2 fully saturated rings. The van der Waals surface area contributed by atoms with Crippen molar-refractivity contribution >= 4 is 10.0 Å². The zero-order valence-corrected chi connectivity index (χ0v) is 14.4. The molecule has 2 aromatic heterocycles. The number of piperidine rings is 1. The van der Waals surface area contributed by atoms with Crippen LogP contribution in [0.25, 0.3) is 0 Å². The van der Waals surface area contributed by atoms with Crippen LogP contribution in [0.1, 0.15) is 43.0 Å². The van der Waals surface area contributed by atoms with Crippen molar-refractivity contribution < 1.29 is 8.42 Å². The van der Waals surface area contributed by atoms with Gasteiger partial charge in [-0.25, -0.2) is 17.7 Å². The fourth-order valence-electron chi connectivity index (χ4n) is 3.46. The quantitative estimate of drug-likeness (QED) is 0.830. The van der Waals surface area contributed by atoms with E-state index in [1.165, 1.54) is 5.56 Å². The minimum Gasteiger partial charge on any atom is -0.330 e. The van der Waals surface area contributed by atoms with E-state index in [0.29, 0.717) is 13.1 Å². The molecule has 2 aromatic rings. The van der Waals surface area contributed by atoms with Gasteiger partial charge in [-0.15, -0.1) is 0 Å². The third-order valence-corrected chi connectivity index (χ3v) is 7.27. The number of aromatic nitrogens is 3. The van der Waals surface area contributed by atoms with Crippen molar-refractivity contribution in [2.24, 2.45) is 0 Å². The van der Waals surface area contributed by atoms with Gasteiger partial charge in [-0.3, -0.25) is 4.98 Å². The summed E-state index contributed by atoms with van der Waals surface area (Å²) in [6, 6.07) is 3.99. The summed E-state index contributed by atoms with van der Waals surface area (Å²) in [5.74, 6) is 1.16. The molecule has 0 radical (unpaired) electrons. The first-order chi connectivity index (χ1) is 11.6. The maximum atomic E-state index is 12.5. The molecular formula is C17H22N4O2S. The topological polar surface area (TPSA) is 68.1 Å². The van der Waals surface area contributed by atoms with Gasteiger partial charge < -0.3 is 4.57 Å². The van der Waals surface area contributed by atoms with Gasteiger partial charge in [0.2, 0.25) is 10.0 Å². The molecular weight excluding hydrogens is 324 g/mol. The molecule has 1 saturated carbocycles. The van der Waals surface area contributed by atoms with E-state index in [0.717, 1.165) is 38.1 Å². The molecule has 0 bridgehead atoms. The Bertz CT molecular complexity index is 799. The Balaban J connectivity index is 1.53. The Hall–Kier alpha value is -1.73. The van der Waals surface area contributed by atoms with Crippen LogP contribution >= 0.6 is 0 Å². The number of rotatable bonds is 5. The van der Waals surface area contributed by atoms with Crippen LogP contribution in [0.4, 0.5) is 0 Å². The lowest BCUT2D eigenvalue weighted by atomic mass is 9.98. The molecule has 6 nitrogen and oxygen atoms in total. The molecule has 1 saturated heterocycles. The van der Waals surface area contributed by atoms with Gasteiger partial charge in [0.05, 0.1) is 5.25 Å². The van der Waals surface area contributed by atoms with Gasteiger partial charge in [0.1, 0.15) is 5.82 Å². The second-order valence-corrected chi connectivity index (χ2v) is 8.92. The second kappa shape index (κ2) is 6.29. The van der Waals surface area contributed by atoms with E-state index in [1.807, 2.05) is 24.5 Å². The molecule has 1 unspecified atom stereocenters. The molecule has 1 aliphatic heterocycles. The Morgan fingerprint density at radius 2 is 1.92 bits per heavy atom. The second-order valence-electron chi connectivity index (χ2n) is 6.71. The summed E-state index contributed by atoms with van der Waals surface area (Å²) in [5.41, 5.74) is 1.17. The molecule has 0 aromatic carbocycles. The maximum Gasteiger partial charge on any atom is 0.217 e. The Kier molecular flexibility index (Phi) is 4.14. The van der Waals surface area contributed by atoms with Crippen LogP contribution in [0.2, 0.25) is 0 Å². The highest BCUT2D eigenvalue weighted by molar-refractivity contribution is 7.90. The normalized spacial score (nSPS) is 22.6. The van der Waals surface area contributed by atoms with E-state index < -0.39 is 10.0 Å². The first-order valence-corrected chi connectivity index (χ1v) is 10.0. The lowest BCUT2D eigenvalue weighted by Crippen LogP contribution is -2.41. The average molecular weight is 346 g/mol. The van der Waals surface area contributed by atoms with Gasteiger partial charge in [0.15, 0.2) is 0 Å². The first kappa shape index (κ1) is 15.8. The molecule has 128 valence electrons. The van der Waals surface area contributed by atoms with Gasteiger partial charge in [-0.1, -0.05) is 0 Å². The van der Waals surface area contributed by atoms with Crippen LogP contribution in [0.5, 0.6) is 0 Å². The van der Waals surface area contributed by atoms with Gasteiger partial charge in [0.25, 0.3) is 0 Å². The largest absolute Gasteiger partial charge is 0.330 e. The van der Waals surface area contributed by atoms with Crippen LogP contribution in [0, 0.1) is 0 Å². The molecule has 3 heterocycles. The summed E-state index contributed by atoms with van der Waals surface area (Å²) >= 11 is 0. The van der Waals surface area contributed by atoms with Crippen molar-refractivity contribution in [1.29, 1.82) is 0 Å². The van der Waals surface area contributed by atoms with E-state index in [4.69, 9.17) is 0 Å². The van der Waals surface area contributed by atoms with Crippen LogP contribution in [-0.2, 0) is 16.6 Å². The van der Waals surface area contributed by atoms with E-state index >= 15 is 0 Å². The highest BCUT2D eigenvalue weighted by atomic mass is 32.2. The molecule has 1 atom stereocenters. The predicted octanol–water partition coefficient (Wildman–Crippen LogP) is 2.00. The summed E-state index contributed by atoms with van der Waals surface area (Å²) in [6.45, 7) is 1.95. The third kappa shape index (κ3) is 3.10. The minimum atomic E-state index is -3.10. The van der Waals surface area contributed by atoms with Crippen molar-refractivity contribution in [1.82, 2.24) is 18.8 Å². The summed E-state index contributed by atoms with van der Waals surface area (Å²) < 4.78 is 28.9. The molecule has 24 heavy (non-hydrogen) atoms. The van der Waals surface area contributed by atoms with Crippen LogP contribution < -0.4 is 0 Å². The Morgan fingerprint density at radius 3 is 2.67 bits per heavy atom. The molecule has 4 rings (SSSR count). The monoisotopic (exact) mass is 346 g/mol. The van der Waals surface area contributed by atoms with E-state index in [-0.39, 0.29) is 11.2 Å². The van der Waals surface area contributed by atoms with Gasteiger partial charge >= 0.3 is 0 Å². The van der Waals surface area contributed by atoms with Crippen LogP contribution in [0.3, 0.4) is 0 Å². The minimum absolute atomic E-state index is 0.132. The number of sulfonamides is 1. The summed E-state index contributed by atoms with van der Waals surface area (Å²) in [6.07, 6.45) is 10.9. The smallest absolute Gasteiger partial charge is 0.217 e. The molecule has 0 N–H and O–H groups in total. The van der Waals surface area contributed by atoms with Crippen molar-refractivity contribution in [3.05, 3.63) is 48.3 Å². The highest BCUT2D eigenvalue weighted by Gasteiger charge is 2.42. The Morgan fingerprint density at radius 1 is 1.12 bits per heavy atom. The number of imidazole rings is 1. The lowest BCUT2D eigenvalue weighted by molar-refractivity contribution is 0.305. The zero-order chi connectivity index (χ0) is 16.6. The average Bonchev–Trinajstić information content (AvgIpc) is 3.37. The third-order valence-electron chi connectivity index (χ3n) is 4.90. The van der Waals surface area contributed by atoms with Crippen molar-refractivity contribution in [2.75, 3.05) is 13.1 Å². The fourth-order valence-corrected chi connectivity index (χ4v) is 5.38. The zero-order valence-electron chi connectivity index (χ0n) is 13.6. The lowest BCUT2D eigenvalue weighted by Gasteiger charge is -2.32. The standard InChI is InChI=1S/C17H22N4O2S/c22-24(23,16-3-4-16)21-10-1-2-15(13-21)17-19-9-11-20(17)12-14-5-7-18-8-6-14/h5-9,11,15-16H,1-4,10,12-13H2. The van der Waals surface area contributed by atoms with Crippen LogP contribution in [0.15, 0.2) is 36.9 Å². The predicted molar refractivity (Wildman–Crippen MR) is 91.1 cm³/mol. The molecule has 7 heteroatoms. The number of nitrogens with zero attached hydrogens (tertiary/aromatic N) is 4. The number of hydrogen-bond acceptors (Lipinski definition) is 4. The molecule has 2 aliphatic rings. The van der Waals surface area contributed by atoms with Crippen LogP contribution in [-0.4, -0.2) is 45.6 Å². The van der Waals surface area contributed by atoms with E-state index in [2.05, 4.69) is 14.5 Å². The van der Waals surface area contributed by atoms with E-state index in [9.17, 15) is 8.42 Å². The molecule has 1 aliphatic carbocycles. The Labute approximate surface area is 142 Å². The van der Waals surface area contributed by atoms with Gasteiger partial charge in [-0.05, 0) is 43.4 Å². The van der Waals surface area contributed by atoms with E-state index in [1.54, 1.807) is 16.7 Å². The maximum absolute atomic E-state index is 12.5. The highest BCUT2D eigenvalue weighted by Crippen LogP contribution is 2.35. The number of pyridine rings is 1. The van der Waals surface area contributed by atoms with Gasteiger partial charge in [0, 0.05) is 50.3 Å². The van der Waals surface area contributed by atoms with Crippen molar-refractivity contribution in [2.45, 2.75) is 43.4 Å². The summed E-state index contributed by atoms with van der Waals surface area (Å²) in [5, 5.41) is -0.132. The summed E-state index contributed by atoms with van der Waals surface area (Å²) in [4.78, 5) is 8.59. The first-order valence-electron chi connectivity index (χ1n) is 8.53. The molecule has 0 spiro atoms. The van der Waals surface area contributed by atoms with Crippen molar-refractivity contribution in [3.63, 3.8) is 0 Å². The molecule has 0 amide bonds. The van der Waals surface area contributed by atoms with Gasteiger partial charge in [-0.2, -0.15) is 0 Å².